The standard InChI is InChI=1S/C17H20N2O2S/c1-10(2)14-9-13(16(18)21)17(22-14)19-15(20)8-12-6-4-11(3)5-7-12/h4-7,9-10H,8H2,1-3H3,(H2,18,21)(H,19,20). The van der Waals surface area contributed by atoms with Crippen LogP contribution in [0.15, 0.2) is 30.3 Å². The summed E-state index contributed by atoms with van der Waals surface area (Å²) < 4.78 is 0. The van der Waals surface area contributed by atoms with Gasteiger partial charge in [-0.2, -0.15) is 0 Å². The third-order valence-corrected chi connectivity index (χ3v) is 4.67. The normalized spacial score (nSPS) is 10.7. The van der Waals surface area contributed by atoms with Crippen molar-refractivity contribution >= 4 is 28.2 Å². The number of hydrogen-bond acceptors (Lipinski definition) is 3. The number of amides is 2. The average Bonchev–Trinajstić information content (AvgIpc) is 2.85. The molecule has 0 fully saturated rings. The minimum Gasteiger partial charge on any atom is -0.366 e. The van der Waals surface area contributed by atoms with Gasteiger partial charge in [-0.25, -0.2) is 0 Å². The van der Waals surface area contributed by atoms with Crippen molar-refractivity contribution in [3.8, 4) is 0 Å². The highest BCUT2D eigenvalue weighted by Gasteiger charge is 2.17. The van der Waals surface area contributed by atoms with Crippen molar-refractivity contribution in [1.29, 1.82) is 0 Å². The Morgan fingerprint density at radius 2 is 1.86 bits per heavy atom. The zero-order chi connectivity index (χ0) is 16.3. The molecule has 0 unspecified atom stereocenters. The van der Waals surface area contributed by atoms with Crippen LogP contribution in [0.1, 0.15) is 46.1 Å². The van der Waals surface area contributed by atoms with Crippen molar-refractivity contribution in [2.75, 3.05) is 5.32 Å². The predicted octanol–water partition coefficient (Wildman–Crippen LogP) is 3.46. The molecule has 0 atom stereocenters. The molecule has 5 heteroatoms. The third-order valence-electron chi connectivity index (χ3n) is 3.32. The molecule has 0 bridgehead atoms. The van der Waals surface area contributed by atoms with E-state index in [4.69, 9.17) is 5.73 Å². The second-order valence-corrected chi connectivity index (χ2v) is 6.70. The van der Waals surface area contributed by atoms with Gasteiger partial charge in [-0.15, -0.1) is 11.3 Å². The van der Waals surface area contributed by atoms with Crippen molar-refractivity contribution in [3.63, 3.8) is 0 Å². The molecular weight excluding hydrogens is 296 g/mol. The molecule has 1 aromatic carbocycles. The van der Waals surface area contributed by atoms with Gasteiger partial charge in [0.25, 0.3) is 5.91 Å². The Hall–Kier alpha value is -2.14. The van der Waals surface area contributed by atoms with Crippen LogP contribution < -0.4 is 11.1 Å². The third kappa shape index (κ3) is 3.95. The van der Waals surface area contributed by atoms with Crippen molar-refractivity contribution in [2.24, 2.45) is 5.73 Å². The Labute approximate surface area is 134 Å². The summed E-state index contributed by atoms with van der Waals surface area (Å²) in [6, 6.07) is 9.56. The van der Waals surface area contributed by atoms with Crippen LogP contribution in [0, 0.1) is 6.92 Å². The van der Waals surface area contributed by atoms with E-state index in [0.29, 0.717) is 10.6 Å². The molecule has 1 aromatic heterocycles. The predicted molar refractivity (Wildman–Crippen MR) is 90.4 cm³/mol. The maximum absolute atomic E-state index is 12.2. The molecule has 22 heavy (non-hydrogen) atoms. The SMILES string of the molecule is Cc1ccc(CC(=O)Nc2sc(C(C)C)cc2C(N)=O)cc1. The van der Waals surface area contributed by atoms with Crippen LogP contribution in [0.3, 0.4) is 0 Å². The largest absolute Gasteiger partial charge is 0.366 e. The average molecular weight is 316 g/mol. The maximum Gasteiger partial charge on any atom is 0.251 e. The lowest BCUT2D eigenvalue weighted by molar-refractivity contribution is -0.115. The summed E-state index contributed by atoms with van der Waals surface area (Å²) in [5, 5.41) is 3.34. The highest BCUT2D eigenvalue weighted by atomic mass is 32.1. The molecule has 0 aliphatic rings. The monoisotopic (exact) mass is 316 g/mol. The molecule has 2 rings (SSSR count). The first-order valence-electron chi connectivity index (χ1n) is 7.15. The number of aryl methyl sites for hydroxylation is 1. The summed E-state index contributed by atoms with van der Waals surface area (Å²) in [6.45, 7) is 6.07. The molecule has 0 radical (unpaired) electrons. The lowest BCUT2D eigenvalue weighted by atomic mass is 10.1. The van der Waals surface area contributed by atoms with Gasteiger partial charge in [-0.3, -0.25) is 9.59 Å². The quantitative estimate of drug-likeness (QED) is 0.886. The smallest absolute Gasteiger partial charge is 0.251 e. The van der Waals surface area contributed by atoms with Gasteiger partial charge in [0.05, 0.1) is 12.0 Å². The fraction of sp³-hybridized carbons (Fsp3) is 0.294. The first-order chi connectivity index (χ1) is 10.4. The fourth-order valence-corrected chi connectivity index (χ4v) is 3.12. The topological polar surface area (TPSA) is 72.2 Å². The van der Waals surface area contributed by atoms with E-state index < -0.39 is 5.91 Å². The lowest BCUT2D eigenvalue weighted by Gasteiger charge is -2.05. The van der Waals surface area contributed by atoms with Crippen LogP contribution in [0.4, 0.5) is 5.00 Å². The Morgan fingerprint density at radius 1 is 1.23 bits per heavy atom. The zero-order valence-corrected chi connectivity index (χ0v) is 13.8. The fourth-order valence-electron chi connectivity index (χ4n) is 2.03. The lowest BCUT2D eigenvalue weighted by Crippen LogP contribution is -2.17. The Morgan fingerprint density at radius 3 is 2.41 bits per heavy atom. The van der Waals surface area contributed by atoms with Crippen LogP contribution in [-0.4, -0.2) is 11.8 Å². The summed E-state index contributed by atoms with van der Waals surface area (Å²) in [5.74, 6) is -0.386. The molecule has 0 spiro atoms. The summed E-state index contributed by atoms with van der Waals surface area (Å²) in [5.41, 5.74) is 7.86. The minimum atomic E-state index is -0.520. The summed E-state index contributed by atoms with van der Waals surface area (Å²) in [6.07, 6.45) is 0.271. The molecule has 116 valence electrons. The number of thiophene rings is 1. The molecule has 0 saturated heterocycles. The van der Waals surface area contributed by atoms with E-state index in [9.17, 15) is 9.59 Å². The van der Waals surface area contributed by atoms with Gasteiger partial charge in [-0.1, -0.05) is 43.7 Å². The molecule has 3 N–H and O–H groups in total. The van der Waals surface area contributed by atoms with Gasteiger partial charge in [0.2, 0.25) is 5.91 Å². The number of nitrogens with two attached hydrogens (primary N) is 1. The van der Waals surface area contributed by atoms with Gasteiger partial charge in [0, 0.05) is 4.88 Å². The zero-order valence-electron chi connectivity index (χ0n) is 13.0. The van der Waals surface area contributed by atoms with Gasteiger partial charge < -0.3 is 11.1 Å². The van der Waals surface area contributed by atoms with E-state index in [1.807, 2.05) is 45.0 Å². The van der Waals surface area contributed by atoms with Crippen molar-refractivity contribution in [2.45, 2.75) is 33.1 Å². The Bertz CT molecular complexity index is 687. The van der Waals surface area contributed by atoms with Gasteiger partial charge in [-0.05, 0) is 24.5 Å². The Kier molecular flexibility index (Phi) is 4.98. The summed E-state index contributed by atoms with van der Waals surface area (Å²) >= 11 is 1.40. The molecule has 0 saturated carbocycles. The molecule has 0 aliphatic heterocycles. The van der Waals surface area contributed by atoms with E-state index in [0.717, 1.165) is 16.0 Å². The molecule has 4 nitrogen and oxygen atoms in total. The molecule has 2 aromatic rings. The summed E-state index contributed by atoms with van der Waals surface area (Å²) in [4.78, 5) is 24.7. The van der Waals surface area contributed by atoms with E-state index in [-0.39, 0.29) is 18.2 Å². The minimum absolute atomic E-state index is 0.150. The van der Waals surface area contributed by atoms with E-state index in [1.165, 1.54) is 11.3 Å². The number of benzene rings is 1. The molecule has 1 heterocycles. The van der Waals surface area contributed by atoms with Crippen LogP contribution in [0.2, 0.25) is 0 Å². The number of rotatable bonds is 5. The van der Waals surface area contributed by atoms with E-state index in [1.54, 1.807) is 6.07 Å². The Balaban J connectivity index is 2.13. The number of primary amides is 1. The number of carbonyl (C=O) groups is 2. The first kappa shape index (κ1) is 16.2. The van der Waals surface area contributed by atoms with Crippen LogP contribution in [0.25, 0.3) is 0 Å². The van der Waals surface area contributed by atoms with Crippen LogP contribution in [-0.2, 0) is 11.2 Å². The number of carbonyl (C=O) groups excluding carboxylic acids is 2. The van der Waals surface area contributed by atoms with Gasteiger partial charge >= 0.3 is 0 Å². The number of hydrogen-bond donors (Lipinski definition) is 2. The number of nitrogens with one attached hydrogen (secondary N) is 1. The van der Waals surface area contributed by atoms with Gasteiger partial charge in [0.15, 0.2) is 0 Å². The van der Waals surface area contributed by atoms with Crippen molar-refractivity contribution in [3.05, 3.63) is 51.9 Å². The highest BCUT2D eigenvalue weighted by Crippen LogP contribution is 2.32. The second kappa shape index (κ2) is 6.75. The van der Waals surface area contributed by atoms with Crippen molar-refractivity contribution < 1.29 is 9.59 Å². The second-order valence-electron chi connectivity index (χ2n) is 5.62. The molecule has 2 amide bonds. The van der Waals surface area contributed by atoms with E-state index >= 15 is 0 Å². The molecular formula is C17H20N2O2S. The van der Waals surface area contributed by atoms with E-state index in [2.05, 4.69) is 5.32 Å². The van der Waals surface area contributed by atoms with Crippen LogP contribution >= 0.6 is 11.3 Å². The maximum atomic E-state index is 12.2. The molecule has 0 aliphatic carbocycles. The number of anilines is 1. The first-order valence-corrected chi connectivity index (χ1v) is 7.97. The van der Waals surface area contributed by atoms with Gasteiger partial charge in [0.1, 0.15) is 5.00 Å². The summed E-state index contributed by atoms with van der Waals surface area (Å²) in [7, 11) is 0. The van der Waals surface area contributed by atoms with Crippen LogP contribution in [0.5, 0.6) is 0 Å². The highest BCUT2D eigenvalue weighted by molar-refractivity contribution is 7.16. The van der Waals surface area contributed by atoms with Crippen molar-refractivity contribution in [1.82, 2.24) is 0 Å².